The average Bonchev–Trinajstić information content (AvgIpc) is 3.76. The molecule has 1 aliphatic rings. The van der Waals surface area contributed by atoms with Crippen LogP contribution >= 0.6 is 11.6 Å². The highest BCUT2D eigenvalue weighted by Crippen LogP contribution is 2.39. The van der Waals surface area contributed by atoms with Gasteiger partial charge in [-0.2, -0.15) is 18.3 Å². The van der Waals surface area contributed by atoms with Gasteiger partial charge in [0, 0.05) is 67.7 Å². The number of imidazole rings is 1. The van der Waals surface area contributed by atoms with E-state index in [0.29, 0.717) is 30.9 Å². The third kappa shape index (κ3) is 9.20. The monoisotopic (exact) mass is 808 g/mol. The average molecular weight is 809 g/mol. The molecular formula is C37H42ClF5N8O5. The Morgan fingerprint density at radius 1 is 1.00 bits per heavy atom. The van der Waals surface area contributed by atoms with Crippen molar-refractivity contribution in [2.24, 2.45) is 13.0 Å². The van der Waals surface area contributed by atoms with Crippen molar-refractivity contribution in [1.82, 2.24) is 34.0 Å². The van der Waals surface area contributed by atoms with E-state index in [1.165, 1.54) is 25.2 Å². The highest BCUT2D eigenvalue weighted by atomic mass is 35.5. The van der Waals surface area contributed by atoms with E-state index in [2.05, 4.69) is 15.4 Å². The quantitative estimate of drug-likeness (QED) is 0.164. The molecule has 1 aliphatic heterocycles. The van der Waals surface area contributed by atoms with E-state index in [4.69, 9.17) is 16.7 Å². The number of alkyl halides is 3. The fourth-order valence-corrected chi connectivity index (χ4v) is 6.71. The summed E-state index contributed by atoms with van der Waals surface area (Å²) < 4.78 is 74.2. The minimum Gasteiger partial charge on any atom is -0.394 e. The fraction of sp³-hybridized carbons (Fsp3) is 0.432. The molecule has 2 atom stereocenters. The van der Waals surface area contributed by atoms with Crippen LogP contribution in [0.4, 0.5) is 27.6 Å². The van der Waals surface area contributed by atoms with Crippen LogP contribution in [-0.2, 0) is 24.6 Å². The first-order chi connectivity index (χ1) is 26.4. The molecule has 13 nitrogen and oxygen atoms in total. The molecular weight excluding hydrogens is 767 g/mol. The molecule has 0 radical (unpaired) electrons. The highest BCUT2D eigenvalue weighted by molar-refractivity contribution is 6.34. The van der Waals surface area contributed by atoms with Crippen LogP contribution < -0.4 is 5.32 Å². The van der Waals surface area contributed by atoms with Crippen LogP contribution in [-0.4, -0.2) is 121 Å². The van der Waals surface area contributed by atoms with E-state index < -0.39 is 65.4 Å². The Bertz CT molecular complexity index is 2080. The molecule has 2 aromatic heterocycles. The van der Waals surface area contributed by atoms with Crippen LogP contribution in [0.5, 0.6) is 0 Å². The predicted molar refractivity (Wildman–Crippen MR) is 197 cm³/mol. The summed E-state index contributed by atoms with van der Waals surface area (Å²) in [7, 11) is 5.28. The molecule has 5 rings (SSSR count). The van der Waals surface area contributed by atoms with Crippen LogP contribution in [0.25, 0.3) is 22.4 Å². The normalized spacial score (nSPS) is 14.7. The molecule has 0 spiro atoms. The van der Waals surface area contributed by atoms with Crippen LogP contribution in [0.3, 0.4) is 0 Å². The molecule has 19 heteroatoms. The Kier molecular flexibility index (Phi) is 13.2. The van der Waals surface area contributed by atoms with Gasteiger partial charge in [-0.15, -0.1) is 0 Å². The number of carbonyl (C=O) groups excluding carboxylic acids is 3. The van der Waals surface area contributed by atoms with E-state index in [1.807, 2.05) is 25.9 Å². The van der Waals surface area contributed by atoms with Gasteiger partial charge >= 0.3 is 6.18 Å². The maximum Gasteiger partial charge on any atom is 0.435 e. The Labute approximate surface area is 324 Å². The molecule has 3 heterocycles. The molecule has 4 aromatic rings. The van der Waals surface area contributed by atoms with Gasteiger partial charge in [-0.25, -0.2) is 13.8 Å². The van der Waals surface area contributed by atoms with E-state index >= 15 is 8.78 Å². The van der Waals surface area contributed by atoms with Crippen molar-refractivity contribution in [3.8, 4) is 22.4 Å². The molecule has 0 saturated carbocycles. The number of aliphatic hydroxyl groups is 2. The summed E-state index contributed by atoms with van der Waals surface area (Å²) in [4.78, 5) is 49.2. The van der Waals surface area contributed by atoms with Gasteiger partial charge in [0.05, 0.1) is 41.7 Å². The molecule has 302 valence electrons. The lowest BCUT2D eigenvalue weighted by molar-refractivity contribution is -0.141. The van der Waals surface area contributed by atoms with E-state index in [-0.39, 0.29) is 45.5 Å². The number of aliphatic hydroxyl groups excluding tert-OH is 2. The standard InChI is InChI=1S/C37H42ClF5N8O5/c1-5-21(10-11-47(2)3)35(55)49-12-14-50(15-13-49)36(56)25-7-6-22(16-28(25)38)45-34(54)33-44-17-29(48(33)4)26-9-8-24(30(39)31(26)40)27-19-51(18-23(53)20-52)46-32(27)37(41,42)43/h6-9,16-17,19,21,23,52-53H,5,10-15,18,20H2,1-4H3,(H,45,54). The Hall–Kier alpha value is -4.91. The first-order valence-corrected chi connectivity index (χ1v) is 18.1. The molecule has 1 saturated heterocycles. The minimum absolute atomic E-state index is 0.0583. The van der Waals surface area contributed by atoms with Crippen molar-refractivity contribution in [3.05, 3.63) is 76.5 Å². The third-order valence-corrected chi connectivity index (χ3v) is 9.89. The molecule has 56 heavy (non-hydrogen) atoms. The first-order valence-electron chi connectivity index (χ1n) is 17.7. The second-order valence-corrected chi connectivity index (χ2v) is 14.1. The topological polar surface area (TPSA) is 149 Å². The molecule has 3 N–H and O–H groups in total. The van der Waals surface area contributed by atoms with Crippen molar-refractivity contribution in [3.63, 3.8) is 0 Å². The number of hydrogen-bond acceptors (Lipinski definition) is 8. The minimum atomic E-state index is -5.06. The van der Waals surface area contributed by atoms with Gasteiger partial charge in [0.2, 0.25) is 5.91 Å². The Morgan fingerprint density at radius 3 is 2.25 bits per heavy atom. The molecule has 0 aliphatic carbocycles. The highest BCUT2D eigenvalue weighted by Gasteiger charge is 2.39. The fourth-order valence-electron chi connectivity index (χ4n) is 6.45. The lowest BCUT2D eigenvalue weighted by Crippen LogP contribution is -2.52. The van der Waals surface area contributed by atoms with Gasteiger partial charge in [0.25, 0.3) is 11.8 Å². The molecule has 3 amide bonds. The molecule has 0 bridgehead atoms. The summed E-state index contributed by atoms with van der Waals surface area (Å²) >= 11 is 6.49. The van der Waals surface area contributed by atoms with Crippen molar-refractivity contribution < 1.29 is 46.5 Å². The van der Waals surface area contributed by atoms with Gasteiger partial charge in [-0.3, -0.25) is 19.1 Å². The van der Waals surface area contributed by atoms with Crippen molar-refractivity contribution in [2.45, 2.75) is 38.6 Å². The number of benzene rings is 2. The van der Waals surface area contributed by atoms with Gasteiger partial charge in [0.1, 0.15) is 0 Å². The maximum atomic E-state index is 15.5. The Balaban J connectivity index is 1.27. The Morgan fingerprint density at radius 2 is 1.64 bits per heavy atom. The zero-order valence-corrected chi connectivity index (χ0v) is 31.8. The number of piperazine rings is 1. The number of carbonyl (C=O) groups is 3. The number of anilines is 1. The first kappa shape index (κ1) is 42.2. The lowest BCUT2D eigenvalue weighted by Gasteiger charge is -2.36. The van der Waals surface area contributed by atoms with E-state index in [1.54, 1.807) is 9.80 Å². The molecule has 2 unspecified atom stereocenters. The van der Waals surface area contributed by atoms with Crippen LogP contribution in [0, 0.1) is 17.6 Å². The van der Waals surface area contributed by atoms with E-state index in [0.717, 1.165) is 48.5 Å². The van der Waals surface area contributed by atoms with Gasteiger partial charge in [-0.1, -0.05) is 24.6 Å². The summed E-state index contributed by atoms with van der Waals surface area (Å²) in [6.07, 6.45) is -3.14. The third-order valence-electron chi connectivity index (χ3n) is 9.58. The summed E-state index contributed by atoms with van der Waals surface area (Å²) in [5.74, 6) is -4.49. The zero-order chi connectivity index (χ0) is 41.1. The predicted octanol–water partition coefficient (Wildman–Crippen LogP) is 4.77. The number of rotatable bonds is 13. The molecule has 2 aromatic carbocycles. The summed E-state index contributed by atoms with van der Waals surface area (Å²) in [5, 5.41) is 24.7. The number of amides is 3. The van der Waals surface area contributed by atoms with Crippen LogP contribution in [0.15, 0.2) is 42.7 Å². The van der Waals surface area contributed by atoms with Crippen molar-refractivity contribution in [2.75, 3.05) is 58.7 Å². The number of hydrogen-bond donors (Lipinski definition) is 3. The van der Waals surface area contributed by atoms with Crippen molar-refractivity contribution >= 4 is 35.0 Å². The SMILES string of the molecule is CCC(CCN(C)C)C(=O)N1CCN(C(=O)c2ccc(NC(=O)c3ncc(-c4ccc(-c5cn(CC(O)CO)nc5C(F)(F)F)c(F)c4F)n3C)cc2Cl)CC1. The smallest absolute Gasteiger partial charge is 0.394 e. The van der Waals surface area contributed by atoms with Gasteiger partial charge < -0.3 is 34.8 Å². The van der Waals surface area contributed by atoms with E-state index in [9.17, 15) is 32.7 Å². The number of nitrogens with zero attached hydrogens (tertiary/aromatic N) is 7. The van der Waals surface area contributed by atoms with Gasteiger partial charge in [-0.05, 0) is 57.7 Å². The largest absolute Gasteiger partial charge is 0.435 e. The second kappa shape index (κ2) is 17.5. The number of halogens is 6. The summed E-state index contributed by atoms with van der Waals surface area (Å²) in [6.45, 7) is 2.93. The maximum absolute atomic E-state index is 15.5. The summed E-state index contributed by atoms with van der Waals surface area (Å²) in [6, 6.07) is 6.26. The number of nitrogens with one attached hydrogen (secondary N) is 1. The summed E-state index contributed by atoms with van der Waals surface area (Å²) in [5.41, 5.74) is -3.14. The van der Waals surface area contributed by atoms with Gasteiger partial charge in [0.15, 0.2) is 23.2 Å². The van der Waals surface area contributed by atoms with Crippen LogP contribution in [0.2, 0.25) is 5.02 Å². The van der Waals surface area contributed by atoms with Crippen LogP contribution in [0.1, 0.15) is 46.4 Å². The molecule has 1 fully saturated rings. The lowest BCUT2D eigenvalue weighted by atomic mass is 10.00. The second-order valence-electron chi connectivity index (χ2n) is 13.7. The zero-order valence-electron chi connectivity index (χ0n) is 31.1. The van der Waals surface area contributed by atoms with Crippen molar-refractivity contribution in [1.29, 1.82) is 0 Å². The number of aromatic nitrogens is 4.